The van der Waals surface area contributed by atoms with Crippen LogP contribution in [0.3, 0.4) is 0 Å². The van der Waals surface area contributed by atoms with E-state index in [1.54, 1.807) is 29.9 Å². The first kappa shape index (κ1) is 20.1. The highest BCUT2D eigenvalue weighted by Crippen LogP contribution is 2.21. The molecule has 0 aliphatic heterocycles. The molecule has 1 atom stereocenters. The number of benzene rings is 2. The van der Waals surface area contributed by atoms with Crippen LogP contribution in [-0.2, 0) is 11.3 Å². The van der Waals surface area contributed by atoms with Gasteiger partial charge < -0.3 is 4.74 Å². The Morgan fingerprint density at radius 2 is 1.83 bits per heavy atom. The number of rotatable bonds is 6. The van der Waals surface area contributed by atoms with E-state index in [2.05, 4.69) is 16.0 Å². The fourth-order valence-electron chi connectivity index (χ4n) is 2.73. The van der Waals surface area contributed by atoms with Crippen molar-refractivity contribution in [3.8, 4) is 5.75 Å². The molecule has 2 amide bonds. The van der Waals surface area contributed by atoms with Gasteiger partial charge in [0.25, 0.3) is 11.8 Å². The minimum atomic E-state index is -0.757. The first-order valence-electron chi connectivity index (χ1n) is 9.33. The summed E-state index contributed by atoms with van der Waals surface area (Å²) < 4.78 is 7.52. The van der Waals surface area contributed by atoms with Gasteiger partial charge in [0.15, 0.2) is 6.10 Å². The number of nitrogens with one attached hydrogen (secondary N) is 2. The van der Waals surface area contributed by atoms with Crippen LogP contribution in [0.15, 0.2) is 60.9 Å². The Labute approximate surface area is 169 Å². The molecule has 1 heterocycles. The van der Waals surface area contributed by atoms with E-state index in [-0.39, 0.29) is 0 Å². The van der Waals surface area contributed by atoms with E-state index in [0.717, 1.165) is 16.7 Å². The highest BCUT2D eigenvalue weighted by atomic mass is 16.5. The maximum atomic E-state index is 12.3. The Hall–Kier alpha value is -3.61. The third-order valence-electron chi connectivity index (χ3n) is 4.65. The molecular formula is C22H24N4O3. The molecule has 1 aromatic heterocycles. The van der Waals surface area contributed by atoms with Gasteiger partial charge in [-0.3, -0.25) is 25.1 Å². The molecule has 7 nitrogen and oxygen atoms in total. The Kier molecular flexibility index (Phi) is 6.29. The van der Waals surface area contributed by atoms with E-state index in [1.165, 1.54) is 0 Å². The summed E-state index contributed by atoms with van der Waals surface area (Å²) in [5.74, 6) is -0.191. The van der Waals surface area contributed by atoms with Crippen LogP contribution in [0.2, 0.25) is 0 Å². The number of aromatic nitrogens is 2. The van der Waals surface area contributed by atoms with Crippen molar-refractivity contribution < 1.29 is 14.3 Å². The number of hydrogen-bond acceptors (Lipinski definition) is 4. The van der Waals surface area contributed by atoms with Gasteiger partial charge in [-0.1, -0.05) is 24.3 Å². The molecule has 150 valence electrons. The van der Waals surface area contributed by atoms with Gasteiger partial charge >= 0.3 is 0 Å². The first-order valence-corrected chi connectivity index (χ1v) is 9.33. The first-order chi connectivity index (χ1) is 13.9. The SMILES string of the molecule is Cc1cccc(OC(C)C(=O)NNC(=O)c2ccc(Cn3cccn3)cc2)c1C. The average Bonchev–Trinajstić information content (AvgIpc) is 3.23. The molecule has 0 radical (unpaired) electrons. The zero-order valence-corrected chi connectivity index (χ0v) is 16.7. The number of carbonyl (C=O) groups excluding carboxylic acids is 2. The Balaban J connectivity index is 1.51. The van der Waals surface area contributed by atoms with Crippen molar-refractivity contribution in [1.82, 2.24) is 20.6 Å². The highest BCUT2D eigenvalue weighted by molar-refractivity contribution is 5.95. The minimum Gasteiger partial charge on any atom is -0.481 e. The van der Waals surface area contributed by atoms with E-state index < -0.39 is 17.9 Å². The van der Waals surface area contributed by atoms with Crippen LogP contribution < -0.4 is 15.6 Å². The summed E-state index contributed by atoms with van der Waals surface area (Å²) in [5.41, 5.74) is 8.35. The van der Waals surface area contributed by atoms with E-state index in [9.17, 15) is 9.59 Å². The second kappa shape index (κ2) is 9.05. The summed E-state index contributed by atoms with van der Waals surface area (Å²) in [5, 5.41) is 4.15. The van der Waals surface area contributed by atoms with Crippen LogP contribution in [0.4, 0.5) is 0 Å². The van der Waals surface area contributed by atoms with Gasteiger partial charge in [-0.05, 0) is 61.7 Å². The van der Waals surface area contributed by atoms with Crippen molar-refractivity contribution in [2.24, 2.45) is 0 Å². The quantitative estimate of drug-likeness (QED) is 0.632. The maximum absolute atomic E-state index is 12.3. The second-order valence-electron chi connectivity index (χ2n) is 6.80. The van der Waals surface area contributed by atoms with Crippen molar-refractivity contribution in [3.05, 3.63) is 83.2 Å². The molecule has 0 aliphatic rings. The molecule has 0 spiro atoms. The van der Waals surface area contributed by atoms with Crippen LogP contribution in [-0.4, -0.2) is 27.7 Å². The van der Waals surface area contributed by atoms with Crippen LogP contribution in [0, 0.1) is 13.8 Å². The Morgan fingerprint density at radius 1 is 1.07 bits per heavy atom. The predicted molar refractivity (Wildman–Crippen MR) is 109 cm³/mol. The zero-order chi connectivity index (χ0) is 20.8. The molecule has 0 saturated heterocycles. The van der Waals surface area contributed by atoms with Gasteiger partial charge in [0.2, 0.25) is 0 Å². The fourth-order valence-corrected chi connectivity index (χ4v) is 2.73. The maximum Gasteiger partial charge on any atom is 0.279 e. The minimum absolute atomic E-state index is 0.400. The largest absolute Gasteiger partial charge is 0.481 e. The Bertz CT molecular complexity index is 982. The highest BCUT2D eigenvalue weighted by Gasteiger charge is 2.17. The summed E-state index contributed by atoms with van der Waals surface area (Å²) in [6.07, 6.45) is 2.83. The molecular weight excluding hydrogens is 368 g/mol. The number of hydrogen-bond donors (Lipinski definition) is 2. The van der Waals surface area contributed by atoms with Crippen molar-refractivity contribution in [3.63, 3.8) is 0 Å². The zero-order valence-electron chi connectivity index (χ0n) is 16.7. The molecule has 3 rings (SSSR count). The van der Waals surface area contributed by atoms with Crippen molar-refractivity contribution in [2.75, 3.05) is 0 Å². The van der Waals surface area contributed by atoms with E-state index in [4.69, 9.17) is 4.74 Å². The van der Waals surface area contributed by atoms with Crippen LogP contribution in [0.25, 0.3) is 0 Å². The fraction of sp³-hybridized carbons (Fsp3) is 0.227. The van der Waals surface area contributed by atoms with E-state index in [0.29, 0.717) is 17.9 Å². The molecule has 0 fully saturated rings. The van der Waals surface area contributed by atoms with Crippen LogP contribution in [0.5, 0.6) is 5.75 Å². The smallest absolute Gasteiger partial charge is 0.279 e. The number of hydrazine groups is 1. The number of ether oxygens (including phenoxy) is 1. The number of carbonyl (C=O) groups is 2. The Morgan fingerprint density at radius 3 is 2.52 bits per heavy atom. The molecule has 0 bridgehead atoms. The van der Waals surface area contributed by atoms with Crippen molar-refractivity contribution in [1.29, 1.82) is 0 Å². The van der Waals surface area contributed by atoms with Crippen LogP contribution >= 0.6 is 0 Å². The van der Waals surface area contributed by atoms with Gasteiger partial charge in [0, 0.05) is 18.0 Å². The van der Waals surface area contributed by atoms with Gasteiger partial charge in [-0.15, -0.1) is 0 Å². The van der Waals surface area contributed by atoms with E-state index >= 15 is 0 Å². The van der Waals surface area contributed by atoms with Crippen molar-refractivity contribution >= 4 is 11.8 Å². The number of aryl methyl sites for hydroxylation is 1. The second-order valence-corrected chi connectivity index (χ2v) is 6.80. The molecule has 2 N–H and O–H groups in total. The normalized spacial score (nSPS) is 11.6. The van der Waals surface area contributed by atoms with Gasteiger partial charge in [-0.2, -0.15) is 5.10 Å². The summed E-state index contributed by atoms with van der Waals surface area (Å²) in [4.78, 5) is 24.5. The third-order valence-corrected chi connectivity index (χ3v) is 4.65. The number of amides is 2. The molecule has 0 saturated carbocycles. The van der Waals surface area contributed by atoms with E-state index in [1.807, 2.05) is 56.4 Å². The average molecular weight is 392 g/mol. The molecule has 0 aliphatic carbocycles. The summed E-state index contributed by atoms with van der Waals surface area (Å²) in [6.45, 7) is 6.17. The summed E-state index contributed by atoms with van der Waals surface area (Å²) in [6, 6.07) is 14.6. The molecule has 3 aromatic rings. The lowest BCUT2D eigenvalue weighted by atomic mass is 10.1. The molecule has 2 aromatic carbocycles. The lowest BCUT2D eigenvalue weighted by molar-refractivity contribution is -0.128. The summed E-state index contributed by atoms with van der Waals surface area (Å²) in [7, 11) is 0. The topological polar surface area (TPSA) is 85.3 Å². The van der Waals surface area contributed by atoms with Gasteiger partial charge in [-0.25, -0.2) is 0 Å². The predicted octanol–water partition coefficient (Wildman–Crippen LogP) is 2.78. The third kappa shape index (κ3) is 5.22. The summed E-state index contributed by atoms with van der Waals surface area (Å²) >= 11 is 0. The molecule has 7 heteroatoms. The molecule has 1 unspecified atom stereocenters. The monoisotopic (exact) mass is 392 g/mol. The standard InChI is InChI=1S/C22H24N4O3/c1-15-6-4-7-20(16(15)2)29-17(3)21(27)24-25-22(28)19-10-8-18(9-11-19)14-26-13-5-12-23-26/h4-13,17H,14H2,1-3H3,(H,24,27)(H,25,28). The lowest BCUT2D eigenvalue weighted by Gasteiger charge is -2.17. The number of nitrogens with zero attached hydrogens (tertiary/aromatic N) is 2. The van der Waals surface area contributed by atoms with Crippen LogP contribution in [0.1, 0.15) is 34.0 Å². The van der Waals surface area contributed by atoms with Gasteiger partial charge in [0.05, 0.1) is 6.54 Å². The van der Waals surface area contributed by atoms with Crippen molar-refractivity contribution in [2.45, 2.75) is 33.4 Å². The van der Waals surface area contributed by atoms with Gasteiger partial charge in [0.1, 0.15) is 5.75 Å². The molecule has 29 heavy (non-hydrogen) atoms. The lowest BCUT2D eigenvalue weighted by Crippen LogP contribution is -2.47.